The summed E-state index contributed by atoms with van der Waals surface area (Å²) >= 11 is 0. The second kappa shape index (κ2) is 7.74. The first-order chi connectivity index (χ1) is 8.54. The van der Waals surface area contributed by atoms with Crippen molar-refractivity contribution in [3.63, 3.8) is 0 Å². The molecule has 4 nitrogen and oxygen atoms in total. The van der Waals surface area contributed by atoms with Gasteiger partial charge in [0.05, 0.1) is 6.04 Å². The van der Waals surface area contributed by atoms with E-state index in [1.807, 2.05) is 6.92 Å². The molecule has 0 aliphatic carbocycles. The van der Waals surface area contributed by atoms with E-state index in [0.717, 1.165) is 39.0 Å². The van der Waals surface area contributed by atoms with Crippen LogP contribution >= 0.6 is 0 Å². The van der Waals surface area contributed by atoms with E-state index in [2.05, 4.69) is 36.3 Å². The van der Waals surface area contributed by atoms with Gasteiger partial charge in [-0.05, 0) is 32.2 Å². The van der Waals surface area contributed by atoms with Crippen LogP contribution in [-0.2, 0) is 4.79 Å². The Bertz CT molecular complexity index is 247. The molecule has 0 bridgehead atoms. The molecule has 1 aliphatic heterocycles. The largest absolute Gasteiger partial charge is 0.354 e. The molecule has 1 saturated heterocycles. The van der Waals surface area contributed by atoms with Gasteiger partial charge in [0.1, 0.15) is 0 Å². The van der Waals surface area contributed by atoms with Gasteiger partial charge in [-0.25, -0.2) is 0 Å². The standard InChI is InChI=1S/C14H29N3O/c1-5-15-13-6-8-17(9-7-13)12(4)14(18)16-10-11(2)3/h11-13,15H,5-10H2,1-4H3,(H,16,18). The minimum atomic E-state index is 0.00586. The van der Waals surface area contributed by atoms with E-state index in [0.29, 0.717) is 12.0 Å². The third-order valence-corrected chi connectivity index (χ3v) is 3.63. The van der Waals surface area contributed by atoms with Crippen LogP contribution in [0.4, 0.5) is 0 Å². The van der Waals surface area contributed by atoms with E-state index in [4.69, 9.17) is 0 Å². The Kier molecular flexibility index (Phi) is 6.65. The lowest BCUT2D eigenvalue weighted by Crippen LogP contribution is -2.51. The van der Waals surface area contributed by atoms with Crippen LogP contribution in [0.25, 0.3) is 0 Å². The highest BCUT2D eigenvalue weighted by Crippen LogP contribution is 2.13. The zero-order chi connectivity index (χ0) is 13.5. The fourth-order valence-corrected chi connectivity index (χ4v) is 2.40. The fourth-order valence-electron chi connectivity index (χ4n) is 2.40. The summed E-state index contributed by atoms with van der Waals surface area (Å²) in [7, 11) is 0. The summed E-state index contributed by atoms with van der Waals surface area (Å²) in [5.41, 5.74) is 0. The number of nitrogens with zero attached hydrogens (tertiary/aromatic N) is 1. The van der Waals surface area contributed by atoms with E-state index in [1.54, 1.807) is 0 Å². The molecule has 1 unspecified atom stereocenters. The second-order valence-electron chi connectivity index (χ2n) is 5.68. The summed E-state index contributed by atoms with van der Waals surface area (Å²) in [6, 6.07) is 0.642. The Morgan fingerprint density at radius 1 is 1.28 bits per heavy atom. The maximum atomic E-state index is 12.0. The molecular formula is C14H29N3O. The average Bonchev–Trinajstić information content (AvgIpc) is 2.36. The number of carbonyl (C=O) groups is 1. The summed E-state index contributed by atoms with van der Waals surface area (Å²) < 4.78 is 0. The zero-order valence-corrected chi connectivity index (χ0v) is 12.3. The van der Waals surface area contributed by atoms with Gasteiger partial charge in [-0.1, -0.05) is 20.8 Å². The number of nitrogens with one attached hydrogen (secondary N) is 2. The molecule has 2 N–H and O–H groups in total. The quantitative estimate of drug-likeness (QED) is 0.750. The van der Waals surface area contributed by atoms with Crippen molar-refractivity contribution in [3.8, 4) is 0 Å². The number of hydrogen-bond donors (Lipinski definition) is 2. The van der Waals surface area contributed by atoms with Crippen molar-refractivity contribution in [2.75, 3.05) is 26.2 Å². The number of amides is 1. The summed E-state index contributed by atoms with van der Waals surface area (Å²) in [5.74, 6) is 0.686. The van der Waals surface area contributed by atoms with Crippen LogP contribution in [0.2, 0.25) is 0 Å². The molecular weight excluding hydrogens is 226 g/mol. The van der Waals surface area contributed by atoms with Crippen LogP contribution in [0.1, 0.15) is 40.5 Å². The molecule has 0 aromatic rings. The molecule has 0 aromatic heterocycles. The molecule has 4 heteroatoms. The summed E-state index contributed by atoms with van der Waals surface area (Å²) in [4.78, 5) is 14.3. The van der Waals surface area contributed by atoms with E-state index < -0.39 is 0 Å². The van der Waals surface area contributed by atoms with E-state index in [-0.39, 0.29) is 11.9 Å². The maximum Gasteiger partial charge on any atom is 0.237 e. The van der Waals surface area contributed by atoms with Crippen LogP contribution < -0.4 is 10.6 Å². The molecule has 1 rings (SSSR count). The molecule has 1 aliphatic rings. The van der Waals surface area contributed by atoms with E-state index in [1.165, 1.54) is 0 Å². The SMILES string of the molecule is CCNC1CCN(C(C)C(=O)NCC(C)C)CC1. The normalized spacial score (nSPS) is 20.1. The highest BCUT2D eigenvalue weighted by atomic mass is 16.2. The molecule has 1 heterocycles. The molecule has 1 atom stereocenters. The third-order valence-electron chi connectivity index (χ3n) is 3.63. The molecule has 0 radical (unpaired) electrons. The lowest BCUT2D eigenvalue weighted by atomic mass is 10.0. The van der Waals surface area contributed by atoms with Gasteiger partial charge in [-0.15, -0.1) is 0 Å². The minimum Gasteiger partial charge on any atom is -0.354 e. The van der Waals surface area contributed by atoms with Crippen molar-refractivity contribution in [1.82, 2.24) is 15.5 Å². The molecule has 0 aromatic carbocycles. The topological polar surface area (TPSA) is 44.4 Å². The first kappa shape index (κ1) is 15.4. The van der Waals surface area contributed by atoms with Crippen molar-refractivity contribution >= 4 is 5.91 Å². The zero-order valence-electron chi connectivity index (χ0n) is 12.3. The lowest BCUT2D eigenvalue weighted by molar-refractivity contribution is -0.126. The summed E-state index contributed by atoms with van der Waals surface area (Å²) in [6.45, 7) is 12.3. The predicted octanol–water partition coefficient (Wildman–Crippen LogP) is 1.22. The minimum absolute atomic E-state index is 0.00586. The number of piperidine rings is 1. The number of hydrogen-bond acceptors (Lipinski definition) is 3. The highest BCUT2D eigenvalue weighted by Gasteiger charge is 2.25. The van der Waals surface area contributed by atoms with Crippen molar-refractivity contribution in [2.45, 2.75) is 52.6 Å². The first-order valence-corrected chi connectivity index (χ1v) is 7.29. The predicted molar refractivity (Wildman–Crippen MR) is 75.6 cm³/mol. The monoisotopic (exact) mass is 255 g/mol. The second-order valence-corrected chi connectivity index (χ2v) is 5.68. The molecule has 18 heavy (non-hydrogen) atoms. The van der Waals surface area contributed by atoms with Gasteiger partial charge in [0, 0.05) is 25.7 Å². The van der Waals surface area contributed by atoms with Crippen molar-refractivity contribution in [2.24, 2.45) is 5.92 Å². The molecule has 1 fully saturated rings. The Labute approximate surface area is 111 Å². The summed E-state index contributed by atoms with van der Waals surface area (Å²) in [5, 5.41) is 6.51. The van der Waals surface area contributed by atoms with Crippen LogP contribution in [0.5, 0.6) is 0 Å². The van der Waals surface area contributed by atoms with Gasteiger partial charge in [0.2, 0.25) is 5.91 Å². The van der Waals surface area contributed by atoms with Crippen LogP contribution in [0.3, 0.4) is 0 Å². The fraction of sp³-hybridized carbons (Fsp3) is 0.929. The van der Waals surface area contributed by atoms with Gasteiger partial charge >= 0.3 is 0 Å². The lowest BCUT2D eigenvalue weighted by Gasteiger charge is -2.35. The molecule has 1 amide bonds. The first-order valence-electron chi connectivity index (χ1n) is 7.29. The Morgan fingerprint density at radius 3 is 2.39 bits per heavy atom. The average molecular weight is 255 g/mol. The van der Waals surface area contributed by atoms with E-state index in [9.17, 15) is 4.79 Å². The Hall–Kier alpha value is -0.610. The highest BCUT2D eigenvalue weighted by molar-refractivity contribution is 5.81. The van der Waals surface area contributed by atoms with Crippen LogP contribution in [0, 0.1) is 5.92 Å². The van der Waals surface area contributed by atoms with Gasteiger partial charge in [-0.3, -0.25) is 9.69 Å². The van der Waals surface area contributed by atoms with Crippen molar-refractivity contribution in [3.05, 3.63) is 0 Å². The van der Waals surface area contributed by atoms with Gasteiger partial charge in [-0.2, -0.15) is 0 Å². The van der Waals surface area contributed by atoms with Crippen LogP contribution in [-0.4, -0.2) is 49.1 Å². The van der Waals surface area contributed by atoms with E-state index >= 15 is 0 Å². The summed E-state index contributed by atoms with van der Waals surface area (Å²) in [6.07, 6.45) is 2.30. The Balaban J connectivity index is 2.30. The van der Waals surface area contributed by atoms with Crippen molar-refractivity contribution < 1.29 is 4.79 Å². The van der Waals surface area contributed by atoms with Crippen LogP contribution in [0.15, 0.2) is 0 Å². The molecule has 106 valence electrons. The molecule has 0 spiro atoms. The number of rotatable bonds is 6. The Morgan fingerprint density at radius 2 is 1.89 bits per heavy atom. The molecule has 0 saturated carbocycles. The third kappa shape index (κ3) is 4.94. The maximum absolute atomic E-state index is 12.0. The van der Waals surface area contributed by atoms with Gasteiger partial charge in [0.25, 0.3) is 0 Å². The number of carbonyl (C=O) groups excluding carboxylic acids is 1. The smallest absolute Gasteiger partial charge is 0.237 e. The van der Waals surface area contributed by atoms with Gasteiger partial charge in [0.15, 0.2) is 0 Å². The number of likely N-dealkylation sites (tertiary alicyclic amines) is 1. The van der Waals surface area contributed by atoms with Gasteiger partial charge < -0.3 is 10.6 Å². The van der Waals surface area contributed by atoms with Crippen molar-refractivity contribution in [1.29, 1.82) is 0 Å².